The summed E-state index contributed by atoms with van der Waals surface area (Å²) in [7, 11) is 0. The number of rotatable bonds is 5. The van der Waals surface area contributed by atoms with Gasteiger partial charge in [-0.15, -0.1) is 0 Å². The normalized spacial score (nSPS) is 13.6. The molecule has 0 radical (unpaired) electrons. The molecule has 0 bridgehead atoms. The molecule has 1 aliphatic carbocycles. The van der Waals surface area contributed by atoms with E-state index >= 15 is 0 Å². The maximum Gasteiger partial charge on any atom is 0.228 e. The lowest BCUT2D eigenvalue weighted by Gasteiger charge is -2.10. The average Bonchev–Trinajstić information content (AvgIpc) is 3.39. The number of aryl methyl sites for hydroxylation is 2. The monoisotopic (exact) mass is 363 g/mol. The van der Waals surface area contributed by atoms with Gasteiger partial charge in [-0.25, -0.2) is 4.39 Å². The van der Waals surface area contributed by atoms with E-state index in [9.17, 15) is 9.18 Å². The van der Waals surface area contributed by atoms with E-state index in [1.165, 1.54) is 17.7 Å². The average molecular weight is 363 g/mol. The lowest BCUT2D eigenvalue weighted by Crippen LogP contribution is -2.15. The van der Waals surface area contributed by atoms with E-state index in [4.69, 9.17) is 0 Å². The smallest absolute Gasteiger partial charge is 0.228 e. The number of carbonyl (C=O) groups excluding carboxylic acids is 1. The van der Waals surface area contributed by atoms with Gasteiger partial charge < -0.3 is 5.32 Å². The van der Waals surface area contributed by atoms with Gasteiger partial charge in [-0.1, -0.05) is 35.9 Å². The Kier molecular flexibility index (Phi) is 4.52. The molecule has 1 aromatic heterocycles. The van der Waals surface area contributed by atoms with Crippen molar-refractivity contribution < 1.29 is 9.18 Å². The lowest BCUT2D eigenvalue weighted by molar-refractivity contribution is -0.115. The van der Waals surface area contributed by atoms with Gasteiger partial charge in [0.2, 0.25) is 5.91 Å². The number of aromatic nitrogens is 2. The van der Waals surface area contributed by atoms with Gasteiger partial charge >= 0.3 is 0 Å². The summed E-state index contributed by atoms with van der Waals surface area (Å²) < 4.78 is 13.1. The van der Waals surface area contributed by atoms with Crippen molar-refractivity contribution in [1.29, 1.82) is 0 Å². The molecule has 1 fully saturated rings. The van der Waals surface area contributed by atoms with Crippen LogP contribution in [0.25, 0.3) is 11.3 Å². The molecule has 0 unspecified atom stereocenters. The Morgan fingerprint density at radius 1 is 1.19 bits per heavy atom. The molecule has 1 amide bonds. The summed E-state index contributed by atoms with van der Waals surface area (Å²) in [5.41, 5.74) is 6.66. The second kappa shape index (κ2) is 6.99. The molecular weight excluding hydrogens is 341 g/mol. The van der Waals surface area contributed by atoms with Crippen LogP contribution in [0.15, 0.2) is 42.5 Å². The third-order valence-electron chi connectivity index (χ3n) is 4.96. The molecule has 138 valence electrons. The summed E-state index contributed by atoms with van der Waals surface area (Å²) in [6, 6.07) is 12.2. The molecule has 0 atom stereocenters. The first-order valence-corrected chi connectivity index (χ1v) is 9.21. The minimum Gasteiger partial charge on any atom is -0.322 e. The highest BCUT2D eigenvalue weighted by Gasteiger charge is 2.31. The van der Waals surface area contributed by atoms with Crippen LogP contribution in [0.4, 0.5) is 10.1 Å². The van der Waals surface area contributed by atoms with Gasteiger partial charge in [0.1, 0.15) is 11.5 Å². The molecule has 0 aliphatic heterocycles. The van der Waals surface area contributed by atoms with Gasteiger partial charge in [-0.2, -0.15) is 5.10 Å². The molecule has 2 aromatic carbocycles. The minimum absolute atomic E-state index is 0.129. The van der Waals surface area contributed by atoms with Crippen LogP contribution in [0.3, 0.4) is 0 Å². The van der Waals surface area contributed by atoms with Crippen LogP contribution in [0.5, 0.6) is 0 Å². The first-order valence-electron chi connectivity index (χ1n) is 9.21. The van der Waals surface area contributed by atoms with Gasteiger partial charge in [-0.05, 0) is 49.9 Å². The Hall–Kier alpha value is -2.95. The van der Waals surface area contributed by atoms with Crippen molar-refractivity contribution in [1.82, 2.24) is 10.2 Å². The van der Waals surface area contributed by atoms with Gasteiger partial charge in [0, 0.05) is 11.5 Å². The van der Waals surface area contributed by atoms with E-state index in [-0.39, 0.29) is 18.1 Å². The molecule has 5 heteroatoms. The summed E-state index contributed by atoms with van der Waals surface area (Å²) >= 11 is 0. The maximum absolute atomic E-state index is 13.1. The summed E-state index contributed by atoms with van der Waals surface area (Å²) in [6.45, 7) is 4.11. The van der Waals surface area contributed by atoms with Gasteiger partial charge in [0.15, 0.2) is 0 Å². The molecule has 2 N–H and O–H groups in total. The topological polar surface area (TPSA) is 57.8 Å². The fourth-order valence-corrected chi connectivity index (χ4v) is 3.39. The highest BCUT2D eigenvalue weighted by atomic mass is 19.1. The van der Waals surface area contributed by atoms with Gasteiger partial charge in [0.05, 0.1) is 17.8 Å². The van der Waals surface area contributed by atoms with E-state index < -0.39 is 0 Å². The summed E-state index contributed by atoms with van der Waals surface area (Å²) in [5.74, 6) is -0.00352. The van der Waals surface area contributed by atoms with Crippen molar-refractivity contribution in [3.8, 4) is 11.3 Å². The molecule has 1 aliphatic rings. The van der Waals surface area contributed by atoms with E-state index in [0.29, 0.717) is 5.92 Å². The number of hydrogen-bond donors (Lipinski definition) is 2. The number of aromatic amines is 1. The second-order valence-electron chi connectivity index (χ2n) is 7.30. The van der Waals surface area contributed by atoms with Crippen LogP contribution >= 0.6 is 0 Å². The zero-order valence-corrected chi connectivity index (χ0v) is 15.5. The Morgan fingerprint density at radius 2 is 1.93 bits per heavy atom. The number of amides is 1. The number of carbonyl (C=O) groups is 1. The maximum atomic E-state index is 13.1. The number of anilines is 1. The standard InChI is InChI=1S/C22H22FN3O/c1-13-3-10-18(14(2)11-13)21-22(20(25-26-21)16-6-7-16)24-19(27)12-15-4-8-17(23)9-5-15/h3-5,8-11,16H,6-7,12H2,1-2H3,(H,24,27)(H,25,26). The molecule has 4 nitrogen and oxygen atoms in total. The first kappa shape index (κ1) is 17.5. The zero-order chi connectivity index (χ0) is 19.0. The van der Waals surface area contributed by atoms with Crippen LogP contribution in [0.2, 0.25) is 0 Å². The van der Waals surface area contributed by atoms with E-state index in [0.717, 1.165) is 46.6 Å². The highest BCUT2D eigenvalue weighted by Crippen LogP contribution is 2.45. The lowest BCUT2D eigenvalue weighted by atomic mass is 10.0. The summed E-state index contributed by atoms with van der Waals surface area (Å²) in [5, 5.41) is 10.7. The molecule has 0 saturated heterocycles. The third-order valence-corrected chi connectivity index (χ3v) is 4.96. The van der Waals surface area contributed by atoms with Crippen molar-refractivity contribution in [2.75, 3.05) is 5.32 Å². The van der Waals surface area contributed by atoms with Crippen LogP contribution < -0.4 is 5.32 Å². The number of halogens is 1. The SMILES string of the molecule is Cc1ccc(-c2n[nH]c(C3CC3)c2NC(=O)Cc2ccc(F)cc2)c(C)c1. The number of benzene rings is 2. The number of nitrogens with one attached hydrogen (secondary N) is 2. The first-order chi connectivity index (χ1) is 13.0. The molecule has 1 heterocycles. The van der Waals surface area contributed by atoms with E-state index in [2.05, 4.69) is 41.5 Å². The fraction of sp³-hybridized carbons (Fsp3) is 0.273. The highest BCUT2D eigenvalue weighted by molar-refractivity contribution is 5.97. The van der Waals surface area contributed by atoms with Crippen LogP contribution in [0, 0.1) is 19.7 Å². The van der Waals surface area contributed by atoms with E-state index in [1.54, 1.807) is 12.1 Å². The predicted octanol–water partition coefficient (Wildman–Crippen LogP) is 4.89. The summed E-state index contributed by atoms with van der Waals surface area (Å²) in [6.07, 6.45) is 2.41. The Bertz CT molecular complexity index is 987. The molecule has 1 saturated carbocycles. The number of nitrogens with zero attached hydrogens (tertiary/aromatic N) is 1. The van der Waals surface area contributed by atoms with Crippen molar-refractivity contribution in [3.05, 3.63) is 70.7 Å². The molecule has 4 rings (SSSR count). The van der Waals surface area contributed by atoms with Crippen LogP contribution in [-0.4, -0.2) is 16.1 Å². The van der Waals surface area contributed by atoms with Crippen LogP contribution in [0.1, 0.15) is 41.1 Å². The molecule has 27 heavy (non-hydrogen) atoms. The van der Waals surface area contributed by atoms with Crippen LogP contribution in [-0.2, 0) is 11.2 Å². The van der Waals surface area contributed by atoms with Gasteiger partial charge in [-0.3, -0.25) is 9.89 Å². The van der Waals surface area contributed by atoms with Gasteiger partial charge in [0.25, 0.3) is 0 Å². The fourth-order valence-electron chi connectivity index (χ4n) is 3.39. The van der Waals surface area contributed by atoms with Crippen molar-refractivity contribution >= 4 is 11.6 Å². The Balaban J connectivity index is 1.63. The third kappa shape index (κ3) is 3.77. The Labute approximate surface area is 157 Å². The number of hydrogen-bond acceptors (Lipinski definition) is 2. The second-order valence-corrected chi connectivity index (χ2v) is 7.30. The minimum atomic E-state index is -0.304. The number of H-pyrrole nitrogens is 1. The Morgan fingerprint density at radius 3 is 2.59 bits per heavy atom. The van der Waals surface area contributed by atoms with Crippen molar-refractivity contribution in [3.63, 3.8) is 0 Å². The van der Waals surface area contributed by atoms with Crippen molar-refractivity contribution in [2.45, 2.75) is 39.0 Å². The quantitative estimate of drug-likeness (QED) is 0.678. The zero-order valence-electron chi connectivity index (χ0n) is 15.5. The van der Waals surface area contributed by atoms with E-state index in [1.807, 2.05) is 6.07 Å². The van der Waals surface area contributed by atoms with Crippen molar-refractivity contribution in [2.24, 2.45) is 0 Å². The molecule has 0 spiro atoms. The predicted molar refractivity (Wildman–Crippen MR) is 104 cm³/mol. The summed E-state index contributed by atoms with van der Waals surface area (Å²) in [4.78, 5) is 12.6. The molecular formula is C22H22FN3O. The molecule has 3 aromatic rings. The largest absolute Gasteiger partial charge is 0.322 e.